The van der Waals surface area contributed by atoms with Crippen molar-refractivity contribution in [2.75, 3.05) is 7.11 Å². The van der Waals surface area contributed by atoms with Crippen LogP contribution in [-0.2, 0) is 16.0 Å². The van der Waals surface area contributed by atoms with Gasteiger partial charge in [-0.3, -0.25) is 4.79 Å². The van der Waals surface area contributed by atoms with E-state index in [0.29, 0.717) is 35.1 Å². The number of nitrogens with one attached hydrogen (secondary N) is 1. The van der Waals surface area contributed by atoms with Crippen LogP contribution < -0.4 is 10.1 Å². The van der Waals surface area contributed by atoms with Crippen molar-refractivity contribution in [1.82, 2.24) is 5.32 Å². The smallest absolute Gasteiger partial charge is 0.329 e. The Labute approximate surface area is 147 Å². The first kappa shape index (κ1) is 18.6. The van der Waals surface area contributed by atoms with Gasteiger partial charge in [-0.25, -0.2) is 4.79 Å². The van der Waals surface area contributed by atoms with Crippen molar-refractivity contribution in [2.45, 2.75) is 45.1 Å². The van der Waals surface area contributed by atoms with E-state index in [1.165, 1.54) is 7.11 Å². The molecule has 0 saturated heterocycles. The van der Waals surface area contributed by atoms with Crippen molar-refractivity contribution in [3.8, 4) is 5.75 Å². The van der Waals surface area contributed by atoms with Crippen LogP contribution in [0.3, 0.4) is 0 Å². The van der Waals surface area contributed by atoms with E-state index in [1.807, 2.05) is 6.92 Å². The van der Waals surface area contributed by atoms with Crippen LogP contribution in [0.4, 0.5) is 0 Å². The number of hydrogen-bond donors (Lipinski definition) is 2. The summed E-state index contributed by atoms with van der Waals surface area (Å²) >= 11 is 6.16. The lowest BCUT2D eigenvalue weighted by Gasteiger charge is -2.40. The molecular weight excluding hydrogens is 330 g/mol. The topological polar surface area (TPSA) is 75.6 Å². The van der Waals surface area contributed by atoms with Gasteiger partial charge in [0.1, 0.15) is 11.3 Å². The Morgan fingerprint density at radius 1 is 1.38 bits per heavy atom. The maximum absolute atomic E-state index is 12.5. The highest BCUT2D eigenvalue weighted by Gasteiger charge is 2.45. The maximum atomic E-state index is 12.5. The van der Waals surface area contributed by atoms with E-state index in [4.69, 9.17) is 16.3 Å². The van der Waals surface area contributed by atoms with Gasteiger partial charge in [0.05, 0.1) is 13.5 Å². The van der Waals surface area contributed by atoms with Gasteiger partial charge in [-0.2, -0.15) is 0 Å². The molecule has 5 nitrogen and oxygen atoms in total. The molecule has 0 spiro atoms. The molecule has 0 heterocycles. The minimum absolute atomic E-state index is 0.0121. The van der Waals surface area contributed by atoms with E-state index in [9.17, 15) is 14.7 Å². The molecule has 2 N–H and O–H groups in total. The summed E-state index contributed by atoms with van der Waals surface area (Å²) in [5.41, 5.74) is -0.630. The van der Waals surface area contributed by atoms with Gasteiger partial charge in [0, 0.05) is 10.6 Å². The van der Waals surface area contributed by atoms with Crippen LogP contribution in [0.2, 0.25) is 5.02 Å². The first-order chi connectivity index (χ1) is 11.3. The summed E-state index contributed by atoms with van der Waals surface area (Å²) in [5.74, 6) is -0.109. The maximum Gasteiger partial charge on any atom is 0.329 e. The highest BCUT2D eigenvalue weighted by molar-refractivity contribution is 6.31. The fourth-order valence-corrected chi connectivity index (χ4v) is 3.58. The number of hydrogen-bond acceptors (Lipinski definition) is 3. The van der Waals surface area contributed by atoms with Crippen molar-refractivity contribution in [3.63, 3.8) is 0 Å². The van der Waals surface area contributed by atoms with Crippen LogP contribution in [0.25, 0.3) is 0 Å². The lowest BCUT2D eigenvalue weighted by Crippen LogP contribution is -2.58. The minimum atomic E-state index is -1.20. The largest absolute Gasteiger partial charge is 0.496 e. The predicted molar refractivity (Wildman–Crippen MR) is 92.4 cm³/mol. The van der Waals surface area contributed by atoms with Gasteiger partial charge in [-0.15, -0.1) is 0 Å². The molecule has 1 aromatic carbocycles. The first-order valence-corrected chi connectivity index (χ1v) is 8.52. The molecule has 1 aliphatic rings. The van der Waals surface area contributed by atoms with E-state index in [-0.39, 0.29) is 18.2 Å². The summed E-state index contributed by atoms with van der Waals surface area (Å²) in [4.78, 5) is 24.4. The van der Waals surface area contributed by atoms with Crippen molar-refractivity contribution in [3.05, 3.63) is 28.8 Å². The summed E-state index contributed by atoms with van der Waals surface area (Å²) < 4.78 is 5.24. The monoisotopic (exact) mass is 353 g/mol. The fraction of sp³-hybridized carbons (Fsp3) is 0.556. The van der Waals surface area contributed by atoms with E-state index in [0.717, 1.165) is 6.42 Å². The molecule has 0 aromatic heterocycles. The number of carboxylic acid groups (broad SMARTS) is 1. The normalized spacial score (nSPS) is 26.7. The lowest BCUT2D eigenvalue weighted by molar-refractivity contribution is -0.150. The van der Waals surface area contributed by atoms with Gasteiger partial charge in [0.15, 0.2) is 0 Å². The van der Waals surface area contributed by atoms with Crippen LogP contribution in [0.5, 0.6) is 5.75 Å². The third-order valence-corrected chi connectivity index (χ3v) is 5.44. The molecule has 24 heavy (non-hydrogen) atoms. The quantitative estimate of drug-likeness (QED) is 0.851. The molecule has 1 saturated carbocycles. The number of aliphatic carboxylic acids is 1. The zero-order valence-corrected chi connectivity index (χ0v) is 15.0. The Morgan fingerprint density at radius 2 is 2.08 bits per heavy atom. The lowest BCUT2D eigenvalue weighted by atomic mass is 9.71. The summed E-state index contributed by atoms with van der Waals surface area (Å²) in [6, 6.07) is 5.15. The van der Waals surface area contributed by atoms with Gasteiger partial charge < -0.3 is 15.2 Å². The van der Waals surface area contributed by atoms with Gasteiger partial charge >= 0.3 is 5.97 Å². The molecule has 0 aliphatic heterocycles. The molecule has 6 heteroatoms. The number of carboxylic acids is 1. The van der Waals surface area contributed by atoms with Gasteiger partial charge in [0.2, 0.25) is 5.91 Å². The van der Waals surface area contributed by atoms with E-state index >= 15 is 0 Å². The van der Waals surface area contributed by atoms with Crippen molar-refractivity contribution >= 4 is 23.5 Å². The molecule has 3 atom stereocenters. The summed E-state index contributed by atoms with van der Waals surface area (Å²) in [6.07, 6.45) is 1.65. The van der Waals surface area contributed by atoms with Crippen LogP contribution in [0.15, 0.2) is 18.2 Å². The zero-order valence-electron chi connectivity index (χ0n) is 14.3. The summed E-state index contributed by atoms with van der Waals surface area (Å²) in [6.45, 7) is 4.15. The number of carbonyl (C=O) groups is 2. The molecule has 2 rings (SSSR count). The second-order valence-corrected chi connectivity index (χ2v) is 7.14. The second kappa shape index (κ2) is 7.43. The highest BCUT2D eigenvalue weighted by Crippen LogP contribution is 2.37. The molecule has 1 aromatic rings. The zero-order chi connectivity index (χ0) is 17.9. The first-order valence-electron chi connectivity index (χ1n) is 8.15. The highest BCUT2D eigenvalue weighted by atomic mass is 35.5. The average molecular weight is 354 g/mol. The third kappa shape index (κ3) is 3.83. The number of carbonyl (C=O) groups excluding carboxylic acids is 1. The minimum Gasteiger partial charge on any atom is -0.496 e. The Morgan fingerprint density at radius 3 is 2.67 bits per heavy atom. The van der Waals surface area contributed by atoms with Gasteiger partial charge in [-0.05, 0) is 43.2 Å². The summed E-state index contributed by atoms with van der Waals surface area (Å²) in [7, 11) is 1.51. The number of amides is 1. The third-order valence-electron chi connectivity index (χ3n) is 5.09. The molecule has 1 aliphatic carbocycles. The number of benzene rings is 1. The fourth-order valence-electron chi connectivity index (χ4n) is 3.35. The molecule has 132 valence electrons. The SMILES string of the molecule is COc1cccc(Cl)c1CC(=O)NC1(C(=O)O)CCC(C)C(C)C1. The van der Waals surface area contributed by atoms with Crippen LogP contribution in [-0.4, -0.2) is 29.6 Å². The van der Waals surface area contributed by atoms with Crippen LogP contribution in [0, 0.1) is 11.8 Å². The number of methoxy groups -OCH3 is 1. The van der Waals surface area contributed by atoms with Crippen LogP contribution >= 0.6 is 11.6 Å². The van der Waals surface area contributed by atoms with Crippen molar-refractivity contribution in [1.29, 1.82) is 0 Å². The molecular formula is C18H24ClNO4. The number of halogens is 1. The Kier molecular flexibility index (Phi) is 5.75. The Bertz CT molecular complexity index is 633. The number of rotatable bonds is 5. The van der Waals surface area contributed by atoms with Crippen molar-refractivity contribution < 1.29 is 19.4 Å². The molecule has 0 bridgehead atoms. The molecule has 3 unspecified atom stereocenters. The standard InChI is InChI=1S/C18H24ClNO4/c1-11-7-8-18(17(22)23,10-12(11)2)20-16(21)9-13-14(19)5-4-6-15(13)24-3/h4-6,11-12H,7-10H2,1-3H3,(H,20,21)(H,22,23). The van der Waals surface area contributed by atoms with E-state index < -0.39 is 11.5 Å². The predicted octanol–water partition coefficient (Wildman–Crippen LogP) is 3.29. The van der Waals surface area contributed by atoms with E-state index in [2.05, 4.69) is 12.2 Å². The van der Waals surface area contributed by atoms with Gasteiger partial charge in [-0.1, -0.05) is 31.5 Å². The number of ether oxygens (including phenoxy) is 1. The van der Waals surface area contributed by atoms with Gasteiger partial charge in [0.25, 0.3) is 0 Å². The van der Waals surface area contributed by atoms with Crippen molar-refractivity contribution in [2.24, 2.45) is 11.8 Å². The van der Waals surface area contributed by atoms with E-state index in [1.54, 1.807) is 18.2 Å². The Balaban J connectivity index is 2.17. The summed E-state index contributed by atoms with van der Waals surface area (Å²) in [5, 5.41) is 12.9. The molecule has 1 fully saturated rings. The molecule has 0 radical (unpaired) electrons. The Hall–Kier alpha value is -1.75. The molecule has 1 amide bonds. The van der Waals surface area contributed by atoms with Crippen LogP contribution in [0.1, 0.15) is 38.7 Å². The average Bonchev–Trinajstić information content (AvgIpc) is 2.52. The second-order valence-electron chi connectivity index (χ2n) is 6.73.